The van der Waals surface area contributed by atoms with Gasteiger partial charge in [0.1, 0.15) is 11.5 Å². The summed E-state index contributed by atoms with van der Waals surface area (Å²) in [5.74, 6) is -1.82. The number of carbonyl (C=O) groups is 2. The molecule has 0 saturated heterocycles. The summed E-state index contributed by atoms with van der Waals surface area (Å²) >= 11 is 0. The molecule has 0 aliphatic heterocycles. The highest BCUT2D eigenvalue weighted by molar-refractivity contribution is 5.92. The highest BCUT2D eigenvalue weighted by Gasteiger charge is 2.36. The molecule has 4 N–H and O–H groups in total. The summed E-state index contributed by atoms with van der Waals surface area (Å²) in [6.07, 6.45) is 1.82. The maximum absolute atomic E-state index is 13.5. The molecule has 0 aliphatic carbocycles. The van der Waals surface area contributed by atoms with E-state index in [2.05, 4.69) is 20.7 Å². The van der Waals surface area contributed by atoms with Crippen LogP contribution in [-0.2, 0) is 11.2 Å². The van der Waals surface area contributed by atoms with Crippen LogP contribution in [0.25, 0.3) is 11.1 Å². The topological polar surface area (TPSA) is 128 Å². The maximum Gasteiger partial charge on any atom is 0.309 e. The molecule has 168 valence electrons. The molecule has 0 saturated carbocycles. The lowest BCUT2D eigenvalue weighted by molar-refractivity contribution is -0.149. The number of nitrogens with zero attached hydrogens (tertiary/aromatic N) is 2. The second-order valence-electron chi connectivity index (χ2n) is 8.00. The van der Waals surface area contributed by atoms with E-state index in [4.69, 9.17) is 0 Å². The Labute approximate surface area is 184 Å². The fraction of sp³-hybridized carbons (Fsp3) is 0.304. The summed E-state index contributed by atoms with van der Waals surface area (Å²) in [5, 5.41) is 31.5. The minimum Gasteiger partial charge on any atom is -0.481 e. The monoisotopic (exact) mass is 440 g/mol. The molecule has 1 amide bonds. The quantitative estimate of drug-likeness (QED) is 0.384. The van der Waals surface area contributed by atoms with E-state index in [0.29, 0.717) is 6.42 Å². The Kier molecular flexibility index (Phi) is 7.32. The first-order valence-electron chi connectivity index (χ1n) is 10.2. The minimum absolute atomic E-state index is 0.0544. The van der Waals surface area contributed by atoms with Crippen LogP contribution in [0.2, 0.25) is 0 Å². The lowest BCUT2D eigenvalue weighted by atomic mass is 9.79. The molecule has 0 radical (unpaired) electrons. The van der Waals surface area contributed by atoms with Crippen LogP contribution in [0.1, 0.15) is 35.8 Å². The zero-order valence-electron chi connectivity index (χ0n) is 17.6. The molecule has 1 heterocycles. The van der Waals surface area contributed by atoms with Crippen molar-refractivity contribution in [3.8, 4) is 11.1 Å². The molecule has 0 bridgehead atoms. The first kappa shape index (κ1) is 23.1. The van der Waals surface area contributed by atoms with Crippen molar-refractivity contribution < 1.29 is 24.2 Å². The summed E-state index contributed by atoms with van der Waals surface area (Å²) in [7, 11) is 0. The SMILES string of the molecule is C[C@@](CCO)(C[C@@H](Cc1ccc(-c2cccc(F)c2)cc1)NC(=O)c1cnn[nH]1)C(=O)O. The third-order valence-electron chi connectivity index (χ3n) is 5.47. The number of aromatic amines is 1. The number of aliphatic hydroxyl groups is 1. The Balaban J connectivity index is 1.81. The van der Waals surface area contributed by atoms with Crippen molar-refractivity contribution in [2.75, 3.05) is 6.61 Å². The molecular formula is C23H25FN4O4. The minimum atomic E-state index is -1.22. The first-order valence-corrected chi connectivity index (χ1v) is 10.2. The average Bonchev–Trinajstić information content (AvgIpc) is 3.29. The molecule has 1 aromatic heterocycles. The van der Waals surface area contributed by atoms with Gasteiger partial charge in [0.25, 0.3) is 5.91 Å². The second-order valence-corrected chi connectivity index (χ2v) is 8.00. The van der Waals surface area contributed by atoms with E-state index in [9.17, 15) is 24.2 Å². The molecular weight excluding hydrogens is 415 g/mol. The summed E-state index contributed by atoms with van der Waals surface area (Å²) < 4.78 is 13.5. The van der Waals surface area contributed by atoms with E-state index < -0.39 is 23.3 Å². The molecule has 9 heteroatoms. The predicted octanol–water partition coefficient (Wildman–Crippen LogP) is 2.82. The van der Waals surface area contributed by atoms with Gasteiger partial charge in [-0.15, -0.1) is 5.10 Å². The van der Waals surface area contributed by atoms with E-state index in [-0.39, 0.29) is 31.0 Å². The highest BCUT2D eigenvalue weighted by atomic mass is 19.1. The lowest BCUT2D eigenvalue weighted by Crippen LogP contribution is -2.43. The number of carboxylic acids is 1. The Morgan fingerprint density at radius 1 is 1.19 bits per heavy atom. The summed E-state index contributed by atoms with van der Waals surface area (Å²) in [5.41, 5.74) is 1.40. The van der Waals surface area contributed by atoms with Crippen LogP contribution in [0.5, 0.6) is 0 Å². The van der Waals surface area contributed by atoms with Crippen LogP contribution >= 0.6 is 0 Å². The Hall–Kier alpha value is -3.59. The fourth-order valence-electron chi connectivity index (χ4n) is 3.62. The van der Waals surface area contributed by atoms with Crippen LogP contribution < -0.4 is 5.32 Å². The van der Waals surface area contributed by atoms with Crippen molar-refractivity contribution in [2.45, 2.75) is 32.2 Å². The van der Waals surface area contributed by atoms with Crippen molar-refractivity contribution >= 4 is 11.9 Å². The number of hydrogen-bond acceptors (Lipinski definition) is 5. The number of nitrogens with one attached hydrogen (secondary N) is 2. The largest absolute Gasteiger partial charge is 0.481 e. The predicted molar refractivity (Wildman–Crippen MR) is 115 cm³/mol. The van der Waals surface area contributed by atoms with Crippen molar-refractivity contribution in [1.82, 2.24) is 20.7 Å². The van der Waals surface area contributed by atoms with Crippen molar-refractivity contribution in [3.63, 3.8) is 0 Å². The molecule has 8 nitrogen and oxygen atoms in total. The first-order chi connectivity index (χ1) is 15.3. The van der Waals surface area contributed by atoms with E-state index in [1.54, 1.807) is 13.0 Å². The smallest absolute Gasteiger partial charge is 0.309 e. The van der Waals surface area contributed by atoms with Gasteiger partial charge in [0.15, 0.2) is 0 Å². The average molecular weight is 440 g/mol. The maximum atomic E-state index is 13.5. The number of hydrogen-bond donors (Lipinski definition) is 4. The number of aliphatic carboxylic acids is 1. The van der Waals surface area contributed by atoms with Gasteiger partial charge >= 0.3 is 5.97 Å². The Morgan fingerprint density at radius 3 is 2.53 bits per heavy atom. The molecule has 0 unspecified atom stereocenters. The standard InChI is InChI=1S/C23H25FN4O4/c1-23(9-10-29,22(31)32)13-19(26-21(30)20-14-25-28-27-20)11-15-5-7-16(8-6-15)17-3-2-4-18(24)12-17/h2-8,12,14,19,29H,9-11,13H2,1H3,(H,26,30)(H,31,32)(H,25,27,28)/t19-,23-/m1/s1. The van der Waals surface area contributed by atoms with Crippen molar-refractivity contribution in [1.29, 1.82) is 0 Å². The molecule has 0 spiro atoms. The summed E-state index contributed by atoms with van der Waals surface area (Å²) in [6, 6.07) is 13.2. The third-order valence-corrected chi connectivity index (χ3v) is 5.47. The number of benzene rings is 2. The second kappa shape index (κ2) is 10.1. The number of carbonyl (C=O) groups excluding carboxylic acids is 1. The molecule has 2 aromatic carbocycles. The van der Waals surface area contributed by atoms with Crippen molar-refractivity contribution in [2.24, 2.45) is 5.41 Å². The molecule has 2 atom stereocenters. The lowest BCUT2D eigenvalue weighted by Gasteiger charge is -2.29. The van der Waals surface area contributed by atoms with E-state index in [1.807, 2.05) is 30.3 Å². The Bertz CT molecular complexity index is 1060. The van der Waals surface area contributed by atoms with Gasteiger partial charge in [-0.25, -0.2) is 4.39 Å². The van der Waals surface area contributed by atoms with Gasteiger partial charge in [0, 0.05) is 12.6 Å². The van der Waals surface area contributed by atoms with Gasteiger partial charge in [0.05, 0.1) is 11.6 Å². The van der Waals surface area contributed by atoms with Crippen LogP contribution in [-0.4, -0.2) is 50.1 Å². The zero-order valence-corrected chi connectivity index (χ0v) is 17.6. The number of halogens is 1. The van der Waals surface area contributed by atoms with Gasteiger partial charge in [-0.1, -0.05) is 41.6 Å². The van der Waals surface area contributed by atoms with Gasteiger partial charge < -0.3 is 15.5 Å². The van der Waals surface area contributed by atoms with Gasteiger partial charge in [-0.05, 0) is 55.0 Å². The number of carboxylic acid groups (broad SMARTS) is 1. The third kappa shape index (κ3) is 5.76. The van der Waals surface area contributed by atoms with E-state index >= 15 is 0 Å². The van der Waals surface area contributed by atoms with Gasteiger partial charge in [-0.2, -0.15) is 0 Å². The van der Waals surface area contributed by atoms with Crippen molar-refractivity contribution in [3.05, 3.63) is 71.8 Å². The zero-order chi connectivity index (χ0) is 23.1. The number of H-pyrrole nitrogens is 1. The molecule has 32 heavy (non-hydrogen) atoms. The normalized spacial score (nSPS) is 13.8. The molecule has 3 aromatic rings. The Morgan fingerprint density at radius 2 is 1.94 bits per heavy atom. The fourth-order valence-corrected chi connectivity index (χ4v) is 3.62. The van der Waals surface area contributed by atoms with Gasteiger partial charge in [-0.3, -0.25) is 14.7 Å². The molecule has 3 rings (SSSR count). The number of aliphatic hydroxyl groups excluding tert-OH is 1. The van der Waals surface area contributed by atoms with E-state index in [0.717, 1.165) is 16.7 Å². The van der Waals surface area contributed by atoms with Crippen LogP contribution in [0.15, 0.2) is 54.7 Å². The summed E-state index contributed by atoms with van der Waals surface area (Å²) in [4.78, 5) is 24.4. The van der Waals surface area contributed by atoms with Crippen LogP contribution in [0.3, 0.4) is 0 Å². The summed E-state index contributed by atoms with van der Waals surface area (Å²) in [6.45, 7) is 1.27. The molecule has 0 fully saturated rings. The number of rotatable bonds is 10. The number of aromatic nitrogens is 3. The molecule has 0 aliphatic rings. The van der Waals surface area contributed by atoms with Crippen LogP contribution in [0, 0.1) is 11.2 Å². The number of amides is 1. The highest BCUT2D eigenvalue weighted by Crippen LogP contribution is 2.29. The van der Waals surface area contributed by atoms with Crippen LogP contribution in [0.4, 0.5) is 4.39 Å². The van der Waals surface area contributed by atoms with E-state index in [1.165, 1.54) is 18.3 Å². The van der Waals surface area contributed by atoms with Gasteiger partial charge in [0.2, 0.25) is 0 Å².